The highest BCUT2D eigenvalue weighted by atomic mass is 16.5. The topological polar surface area (TPSA) is 98.1 Å². The van der Waals surface area contributed by atoms with Gasteiger partial charge in [0.25, 0.3) is 0 Å². The monoisotopic (exact) mass is 349 g/mol. The second-order valence-electron chi connectivity index (χ2n) is 6.22. The lowest BCUT2D eigenvalue weighted by atomic mass is 9.99. The summed E-state index contributed by atoms with van der Waals surface area (Å²) in [6.45, 7) is 0.707. The van der Waals surface area contributed by atoms with E-state index in [-0.39, 0.29) is 5.91 Å². The summed E-state index contributed by atoms with van der Waals surface area (Å²) in [5.74, 6) is 0.905. The average Bonchev–Trinajstić information content (AvgIpc) is 3.16. The number of amides is 1. The first-order chi connectivity index (χ1) is 12.7. The van der Waals surface area contributed by atoms with E-state index in [2.05, 4.69) is 15.1 Å². The maximum Gasteiger partial charge on any atom is 0.227 e. The molecule has 26 heavy (non-hydrogen) atoms. The fourth-order valence-electron chi connectivity index (χ4n) is 3.22. The Morgan fingerprint density at radius 2 is 2.15 bits per heavy atom. The molecule has 0 aliphatic carbocycles. The molecular weight excluding hydrogens is 330 g/mol. The minimum atomic E-state index is 0.0362. The van der Waals surface area contributed by atoms with Crippen molar-refractivity contribution >= 4 is 17.3 Å². The van der Waals surface area contributed by atoms with Crippen LogP contribution < -0.4 is 10.6 Å². The number of aryl methyl sites for hydroxylation is 1. The number of anilines is 2. The average molecular weight is 349 g/mol. The molecule has 0 bridgehead atoms. The van der Waals surface area contributed by atoms with Crippen molar-refractivity contribution < 1.29 is 9.32 Å². The molecule has 0 atom stereocenters. The van der Waals surface area contributed by atoms with E-state index in [1.54, 1.807) is 6.20 Å². The zero-order valence-corrected chi connectivity index (χ0v) is 14.3. The van der Waals surface area contributed by atoms with Crippen molar-refractivity contribution in [3.05, 3.63) is 54.0 Å². The number of aromatic nitrogens is 3. The summed E-state index contributed by atoms with van der Waals surface area (Å²) in [5, 5.41) is 3.93. The van der Waals surface area contributed by atoms with Crippen molar-refractivity contribution in [3.63, 3.8) is 0 Å². The Bertz CT molecular complexity index is 923. The molecule has 2 aromatic heterocycles. The van der Waals surface area contributed by atoms with Crippen molar-refractivity contribution in [3.8, 4) is 11.5 Å². The van der Waals surface area contributed by atoms with Gasteiger partial charge < -0.3 is 15.2 Å². The third-order valence-electron chi connectivity index (χ3n) is 4.50. The van der Waals surface area contributed by atoms with Crippen LogP contribution in [0.25, 0.3) is 11.5 Å². The molecule has 0 radical (unpaired) electrons. The Labute approximate surface area is 150 Å². The predicted octanol–water partition coefficient (Wildman–Crippen LogP) is 2.63. The lowest BCUT2D eigenvalue weighted by Gasteiger charge is -2.30. The minimum Gasteiger partial charge on any atom is -0.398 e. The van der Waals surface area contributed by atoms with Gasteiger partial charge in [-0.2, -0.15) is 4.98 Å². The highest BCUT2D eigenvalue weighted by molar-refractivity contribution is 5.95. The number of nitrogens with two attached hydrogens (primary N) is 1. The number of pyridine rings is 1. The third kappa shape index (κ3) is 3.15. The number of nitrogens with zero attached hydrogens (tertiary/aromatic N) is 4. The van der Waals surface area contributed by atoms with Gasteiger partial charge in [-0.3, -0.25) is 9.78 Å². The molecule has 1 aliphatic rings. The third-order valence-corrected chi connectivity index (χ3v) is 4.50. The molecule has 4 rings (SSSR count). The molecule has 0 spiro atoms. The first-order valence-corrected chi connectivity index (χ1v) is 8.64. The maximum absolute atomic E-state index is 12.7. The number of nitrogen functional groups attached to an aromatic ring is 1. The smallest absolute Gasteiger partial charge is 0.227 e. The van der Waals surface area contributed by atoms with Gasteiger partial charge in [-0.1, -0.05) is 17.3 Å². The minimum absolute atomic E-state index is 0.0362. The van der Waals surface area contributed by atoms with E-state index in [4.69, 9.17) is 10.3 Å². The number of hydrogen-bond donors (Lipinski definition) is 1. The zero-order chi connectivity index (χ0) is 17.9. The second kappa shape index (κ2) is 6.95. The summed E-state index contributed by atoms with van der Waals surface area (Å²) in [6.07, 6.45) is 4.19. The summed E-state index contributed by atoms with van der Waals surface area (Å²) >= 11 is 0. The molecule has 7 nitrogen and oxygen atoms in total. The summed E-state index contributed by atoms with van der Waals surface area (Å²) in [4.78, 5) is 23.0. The van der Waals surface area contributed by atoms with Crippen molar-refractivity contribution in [2.75, 3.05) is 17.2 Å². The lowest BCUT2D eigenvalue weighted by molar-refractivity contribution is -0.118. The van der Waals surface area contributed by atoms with Gasteiger partial charge in [-0.15, -0.1) is 0 Å². The summed E-state index contributed by atoms with van der Waals surface area (Å²) < 4.78 is 5.25. The van der Waals surface area contributed by atoms with Crippen LogP contribution in [0.4, 0.5) is 11.4 Å². The van der Waals surface area contributed by atoms with Gasteiger partial charge in [0.05, 0.1) is 0 Å². The molecule has 3 heterocycles. The Hall–Kier alpha value is -3.22. The SMILES string of the molecule is Nc1cccc2c1CCCN2C(=O)CCc1nc(-c2ccccn2)no1. The van der Waals surface area contributed by atoms with Crippen LogP contribution >= 0.6 is 0 Å². The molecule has 0 saturated heterocycles. The van der Waals surface area contributed by atoms with Crippen LogP contribution in [-0.4, -0.2) is 27.6 Å². The van der Waals surface area contributed by atoms with Crippen LogP contribution in [0, 0.1) is 0 Å². The molecule has 7 heteroatoms. The first-order valence-electron chi connectivity index (χ1n) is 8.64. The Kier molecular flexibility index (Phi) is 4.35. The van der Waals surface area contributed by atoms with Crippen molar-refractivity contribution in [2.24, 2.45) is 0 Å². The fraction of sp³-hybridized carbons (Fsp3) is 0.263. The second-order valence-corrected chi connectivity index (χ2v) is 6.22. The van der Waals surface area contributed by atoms with Gasteiger partial charge in [0.2, 0.25) is 17.6 Å². The number of rotatable bonds is 4. The van der Waals surface area contributed by atoms with Gasteiger partial charge in [0, 0.05) is 37.0 Å². The normalized spacial score (nSPS) is 13.5. The van der Waals surface area contributed by atoms with Crippen LogP contribution in [0.2, 0.25) is 0 Å². The van der Waals surface area contributed by atoms with E-state index in [1.165, 1.54) is 0 Å². The summed E-state index contributed by atoms with van der Waals surface area (Å²) in [7, 11) is 0. The van der Waals surface area contributed by atoms with Crippen molar-refractivity contribution in [1.29, 1.82) is 0 Å². The van der Waals surface area contributed by atoms with Gasteiger partial charge in [-0.05, 0) is 42.7 Å². The lowest BCUT2D eigenvalue weighted by Crippen LogP contribution is -2.35. The van der Waals surface area contributed by atoms with Crippen LogP contribution in [0.15, 0.2) is 47.1 Å². The molecule has 0 unspecified atom stereocenters. The largest absolute Gasteiger partial charge is 0.398 e. The van der Waals surface area contributed by atoms with Gasteiger partial charge >= 0.3 is 0 Å². The van der Waals surface area contributed by atoms with E-state index >= 15 is 0 Å². The van der Waals surface area contributed by atoms with Crippen molar-refractivity contribution in [2.45, 2.75) is 25.7 Å². The number of carbonyl (C=O) groups is 1. The van der Waals surface area contributed by atoms with E-state index in [1.807, 2.05) is 41.3 Å². The Morgan fingerprint density at radius 3 is 3.00 bits per heavy atom. The molecule has 2 N–H and O–H groups in total. The Morgan fingerprint density at radius 1 is 1.23 bits per heavy atom. The molecule has 0 saturated carbocycles. The van der Waals surface area contributed by atoms with E-state index in [0.717, 1.165) is 29.8 Å². The number of carbonyl (C=O) groups excluding carboxylic acids is 1. The van der Waals surface area contributed by atoms with Crippen LogP contribution in [0.3, 0.4) is 0 Å². The van der Waals surface area contributed by atoms with E-state index < -0.39 is 0 Å². The predicted molar refractivity (Wildman–Crippen MR) is 97.4 cm³/mol. The molecule has 132 valence electrons. The first kappa shape index (κ1) is 16.3. The molecule has 1 amide bonds. The van der Waals surface area contributed by atoms with Crippen LogP contribution in [0.5, 0.6) is 0 Å². The number of hydrogen-bond acceptors (Lipinski definition) is 6. The fourth-order valence-corrected chi connectivity index (χ4v) is 3.22. The van der Waals surface area contributed by atoms with Gasteiger partial charge in [0.15, 0.2) is 0 Å². The maximum atomic E-state index is 12.7. The van der Waals surface area contributed by atoms with E-state index in [0.29, 0.717) is 36.8 Å². The standard InChI is InChI=1S/C19H19N5O2/c20-14-6-3-8-16-13(14)5-4-12-24(16)18(25)10-9-17-22-19(23-26-17)15-7-1-2-11-21-15/h1-3,6-8,11H,4-5,9-10,12,20H2. The van der Waals surface area contributed by atoms with E-state index in [9.17, 15) is 4.79 Å². The van der Waals surface area contributed by atoms with Crippen LogP contribution in [-0.2, 0) is 17.6 Å². The highest BCUT2D eigenvalue weighted by Gasteiger charge is 2.24. The van der Waals surface area contributed by atoms with Crippen LogP contribution in [0.1, 0.15) is 24.3 Å². The Balaban J connectivity index is 1.44. The molecule has 3 aromatic rings. The zero-order valence-electron chi connectivity index (χ0n) is 14.3. The summed E-state index contributed by atoms with van der Waals surface area (Å²) in [5.41, 5.74) is 9.42. The quantitative estimate of drug-likeness (QED) is 0.727. The summed E-state index contributed by atoms with van der Waals surface area (Å²) in [6, 6.07) is 11.2. The van der Waals surface area contributed by atoms with Gasteiger partial charge in [-0.25, -0.2) is 0 Å². The molecular formula is C19H19N5O2. The number of benzene rings is 1. The highest BCUT2D eigenvalue weighted by Crippen LogP contribution is 2.31. The van der Waals surface area contributed by atoms with Crippen molar-refractivity contribution in [1.82, 2.24) is 15.1 Å². The molecule has 0 fully saturated rings. The molecule has 1 aliphatic heterocycles. The number of fused-ring (bicyclic) bond motifs is 1. The van der Waals surface area contributed by atoms with Gasteiger partial charge in [0.1, 0.15) is 5.69 Å². The molecule has 1 aromatic carbocycles.